The molecule has 1 aliphatic heterocycles. The molecule has 0 unspecified atom stereocenters. The molecular weight excluding hydrogens is 166 g/mol. The Morgan fingerprint density at radius 2 is 2.38 bits per heavy atom. The molecule has 1 heterocycles. The third kappa shape index (κ3) is 4.65. The molecule has 0 aromatic carbocycles. The van der Waals surface area contributed by atoms with Crippen LogP contribution in [0.15, 0.2) is 17.3 Å². The maximum absolute atomic E-state index is 5.44. The van der Waals surface area contributed by atoms with E-state index in [0.29, 0.717) is 6.67 Å². The summed E-state index contributed by atoms with van der Waals surface area (Å²) in [6, 6.07) is 0. The van der Waals surface area contributed by atoms with Crippen molar-refractivity contribution in [3.63, 3.8) is 0 Å². The van der Waals surface area contributed by atoms with E-state index in [2.05, 4.69) is 24.0 Å². The van der Waals surface area contributed by atoms with Crippen LogP contribution in [-0.2, 0) is 4.84 Å². The molecule has 0 aromatic rings. The van der Waals surface area contributed by atoms with E-state index in [0.717, 1.165) is 19.6 Å². The summed E-state index contributed by atoms with van der Waals surface area (Å²) >= 11 is 0. The maximum atomic E-state index is 5.44. The van der Waals surface area contributed by atoms with Crippen LogP contribution in [0.1, 0.15) is 6.42 Å². The van der Waals surface area contributed by atoms with Gasteiger partial charge in [-0.1, -0.05) is 0 Å². The van der Waals surface area contributed by atoms with Crippen LogP contribution >= 0.6 is 0 Å². The zero-order valence-electron chi connectivity index (χ0n) is 8.31. The molecule has 0 N–H and O–H groups in total. The summed E-state index contributed by atoms with van der Waals surface area (Å²) in [5, 5.41) is 1.75. The quantitative estimate of drug-likeness (QED) is 0.588. The maximum Gasteiger partial charge on any atom is 0.135 e. The van der Waals surface area contributed by atoms with Crippen LogP contribution in [0.4, 0.5) is 0 Å². The van der Waals surface area contributed by atoms with Gasteiger partial charge in [0.25, 0.3) is 0 Å². The Kier molecular flexibility index (Phi) is 4.49. The molecule has 0 amide bonds. The van der Waals surface area contributed by atoms with Crippen molar-refractivity contribution < 1.29 is 4.84 Å². The van der Waals surface area contributed by atoms with Crippen LogP contribution in [0.3, 0.4) is 0 Å². The van der Waals surface area contributed by atoms with Gasteiger partial charge >= 0.3 is 0 Å². The Morgan fingerprint density at radius 1 is 1.54 bits per heavy atom. The average molecular weight is 183 g/mol. The van der Waals surface area contributed by atoms with Crippen LogP contribution in [-0.4, -0.2) is 50.1 Å². The first-order valence-corrected chi connectivity index (χ1v) is 4.50. The molecule has 0 spiro atoms. The van der Waals surface area contributed by atoms with Crippen LogP contribution < -0.4 is 0 Å². The molecule has 4 heteroatoms. The van der Waals surface area contributed by atoms with Crippen LogP contribution in [0.5, 0.6) is 0 Å². The number of nitrogens with zero attached hydrogens (tertiary/aromatic N) is 3. The molecule has 0 atom stereocenters. The zero-order chi connectivity index (χ0) is 9.52. The highest BCUT2D eigenvalue weighted by Gasteiger charge is 1.99. The van der Waals surface area contributed by atoms with Gasteiger partial charge in [0.05, 0.1) is 6.61 Å². The van der Waals surface area contributed by atoms with Crippen LogP contribution in [0.25, 0.3) is 0 Å². The largest absolute Gasteiger partial charge is 0.309 e. The second kappa shape index (κ2) is 5.72. The van der Waals surface area contributed by atoms with Gasteiger partial charge in [-0.2, -0.15) is 0 Å². The number of hydrogen-bond acceptors (Lipinski definition) is 4. The Labute approximate surface area is 79.4 Å². The number of hydrogen-bond donors (Lipinski definition) is 0. The fourth-order valence-corrected chi connectivity index (χ4v) is 1.02. The molecule has 0 saturated carbocycles. The topological polar surface area (TPSA) is 28.1 Å². The third-order valence-corrected chi connectivity index (χ3v) is 1.67. The zero-order valence-corrected chi connectivity index (χ0v) is 8.31. The highest BCUT2D eigenvalue weighted by molar-refractivity contribution is 5.71. The lowest BCUT2D eigenvalue weighted by atomic mass is 10.4. The number of aliphatic imine (C=N–C) groups is 1. The van der Waals surface area contributed by atoms with Crippen molar-refractivity contribution in [2.45, 2.75) is 6.42 Å². The lowest BCUT2D eigenvalue weighted by Crippen LogP contribution is -2.22. The number of rotatable bonds is 5. The fourth-order valence-electron chi connectivity index (χ4n) is 1.02. The van der Waals surface area contributed by atoms with E-state index >= 15 is 0 Å². The van der Waals surface area contributed by atoms with Crippen molar-refractivity contribution in [1.29, 1.82) is 0 Å². The molecule has 4 nitrogen and oxygen atoms in total. The first-order valence-electron chi connectivity index (χ1n) is 4.50. The molecule has 0 fully saturated rings. The van der Waals surface area contributed by atoms with Crippen molar-refractivity contribution >= 4 is 6.21 Å². The fraction of sp³-hybridized carbons (Fsp3) is 0.667. The molecule has 0 radical (unpaired) electrons. The normalized spacial score (nSPS) is 15.8. The monoisotopic (exact) mass is 183 g/mol. The SMILES string of the molecule is CN(C)CCCON1C=CC=NC1. The predicted octanol–water partition coefficient (Wildman–Crippen LogP) is 0.727. The summed E-state index contributed by atoms with van der Waals surface area (Å²) in [5.74, 6) is 0. The summed E-state index contributed by atoms with van der Waals surface area (Å²) in [6.07, 6.45) is 6.58. The Balaban J connectivity index is 2.00. The minimum absolute atomic E-state index is 0.610. The van der Waals surface area contributed by atoms with Crippen molar-refractivity contribution in [2.24, 2.45) is 4.99 Å². The molecule has 0 bridgehead atoms. The Hall–Kier alpha value is -0.870. The van der Waals surface area contributed by atoms with Gasteiger partial charge in [0.2, 0.25) is 0 Å². The van der Waals surface area contributed by atoms with Gasteiger partial charge in [-0.25, -0.2) is 5.06 Å². The summed E-state index contributed by atoms with van der Waals surface area (Å²) in [5.41, 5.74) is 0. The highest BCUT2D eigenvalue weighted by atomic mass is 16.7. The van der Waals surface area contributed by atoms with Gasteiger partial charge in [0, 0.05) is 12.4 Å². The van der Waals surface area contributed by atoms with E-state index < -0.39 is 0 Å². The molecule has 74 valence electrons. The molecule has 1 aliphatic rings. The van der Waals surface area contributed by atoms with E-state index in [1.165, 1.54) is 0 Å². The van der Waals surface area contributed by atoms with Crippen molar-refractivity contribution in [1.82, 2.24) is 9.96 Å². The van der Waals surface area contributed by atoms with Gasteiger partial charge in [-0.15, -0.1) is 0 Å². The molecular formula is C9H17N3O. The molecule has 0 aliphatic carbocycles. The van der Waals surface area contributed by atoms with E-state index in [1.54, 1.807) is 11.3 Å². The van der Waals surface area contributed by atoms with E-state index in [-0.39, 0.29) is 0 Å². The lowest BCUT2D eigenvalue weighted by Gasteiger charge is -2.19. The van der Waals surface area contributed by atoms with Gasteiger partial charge in [-0.05, 0) is 33.1 Å². The van der Waals surface area contributed by atoms with Crippen LogP contribution in [0, 0.1) is 0 Å². The van der Waals surface area contributed by atoms with Gasteiger partial charge in [0.15, 0.2) is 0 Å². The van der Waals surface area contributed by atoms with Crippen molar-refractivity contribution in [2.75, 3.05) is 33.9 Å². The van der Waals surface area contributed by atoms with E-state index in [4.69, 9.17) is 4.84 Å². The van der Waals surface area contributed by atoms with E-state index in [1.807, 2.05) is 12.3 Å². The van der Waals surface area contributed by atoms with Gasteiger partial charge in [0.1, 0.15) is 6.67 Å². The number of allylic oxidation sites excluding steroid dienone is 1. The predicted molar refractivity (Wildman–Crippen MR) is 53.5 cm³/mol. The first kappa shape index (κ1) is 10.2. The van der Waals surface area contributed by atoms with Crippen LogP contribution in [0.2, 0.25) is 0 Å². The minimum Gasteiger partial charge on any atom is -0.309 e. The summed E-state index contributed by atoms with van der Waals surface area (Å²) in [4.78, 5) is 11.6. The molecule has 13 heavy (non-hydrogen) atoms. The van der Waals surface area contributed by atoms with Gasteiger partial charge < -0.3 is 4.90 Å². The summed E-state index contributed by atoms with van der Waals surface area (Å²) in [7, 11) is 4.12. The lowest BCUT2D eigenvalue weighted by molar-refractivity contribution is -0.120. The summed E-state index contributed by atoms with van der Waals surface area (Å²) in [6.45, 7) is 2.41. The molecule has 1 rings (SSSR count). The highest BCUT2D eigenvalue weighted by Crippen LogP contribution is 1.97. The average Bonchev–Trinajstić information content (AvgIpc) is 2.14. The first-order chi connectivity index (χ1) is 6.29. The molecule has 0 saturated heterocycles. The smallest absolute Gasteiger partial charge is 0.135 e. The third-order valence-electron chi connectivity index (χ3n) is 1.67. The second-order valence-corrected chi connectivity index (χ2v) is 3.22. The second-order valence-electron chi connectivity index (χ2n) is 3.22. The molecule has 0 aromatic heterocycles. The van der Waals surface area contributed by atoms with Crippen molar-refractivity contribution in [3.05, 3.63) is 12.3 Å². The Bertz CT molecular complexity index is 189. The summed E-state index contributed by atoms with van der Waals surface area (Å²) < 4.78 is 0. The number of hydroxylamine groups is 2. The van der Waals surface area contributed by atoms with E-state index in [9.17, 15) is 0 Å². The Morgan fingerprint density at radius 3 is 3.00 bits per heavy atom. The minimum atomic E-state index is 0.610. The standard InChI is InChI=1S/C9H17N3O/c1-11(2)6-4-8-13-12-7-3-5-10-9-12/h3,5,7H,4,6,8-9H2,1-2H3. The van der Waals surface area contributed by atoms with Crippen molar-refractivity contribution in [3.8, 4) is 0 Å². The van der Waals surface area contributed by atoms with Gasteiger partial charge in [-0.3, -0.25) is 9.83 Å².